The standard InChI is InChI=1S/C16H26FN3O/c1-18(2)9-10-21-16-12-14(17)11-15(13-16)20-6-4-5-19(3)7-8-20/h11-13H,4-10H2,1-3H3. The van der Waals surface area contributed by atoms with Gasteiger partial charge in [-0.2, -0.15) is 0 Å². The van der Waals surface area contributed by atoms with Crippen LogP contribution in [0, 0.1) is 5.82 Å². The highest BCUT2D eigenvalue weighted by Crippen LogP contribution is 2.24. The van der Waals surface area contributed by atoms with Crippen molar-refractivity contribution in [2.24, 2.45) is 0 Å². The van der Waals surface area contributed by atoms with E-state index in [0.29, 0.717) is 12.4 Å². The number of nitrogens with zero attached hydrogens (tertiary/aromatic N) is 3. The van der Waals surface area contributed by atoms with Crippen molar-refractivity contribution in [3.63, 3.8) is 0 Å². The van der Waals surface area contributed by atoms with Gasteiger partial charge in [-0.15, -0.1) is 0 Å². The number of anilines is 1. The van der Waals surface area contributed by atoms with E-state index in [0.717, 1.165) is 44.8 Å². The molecule has 0 N–H and O–H groups in total. The highest BCUT2D eigenvalue weighted by atomic mass is 19.1. The average molecular weight is 295 g/mol. The van der Waals surface area contributed by atoms with Gasteiger partial charge in [0.05, 0.1) is 0 Å². The zero-order chi connectivity index (χ0) is 15.2. The molecule has 21 heavy (non-hydrogen) atoms. The first kappa shape index (κ1) is 16.0. The molecule has 1 fully saturated rings. The predicted octanol–water partition coefficient (Wildman–Crippen LogP) is 1.91. The van der Waals surface area contributed by atoms with Crippen molar-refractivity contribution >= 4 is 5.69 Å². The Kier molecular flexibility index (Phi) is 5.82. The molecule has 1 aliphatic heterocycles. The molecule has 5 heteroatoms. The Labute approximate surface area is 127 Å². The van der Waals surface area contributed by atoms with Gasteiger partial charge in [0.1, 0.15) is 18.2 Å². The van der Waals surface area contributed by atoms with Crippen molar-refractivity contribution in [1.82, 2.24) is 9.80 Å². The normalized spacial score (nSPS) is 17.1. The van der Waals surface area contributed by atoms with Crippen LogP contribution in [0.5, 0.6) is 5.75 Å². The third kappa shape index (κ3) is 5.17. The lowest BCUT2D eigenvalue weighted by molar-refractivity contribution is 0.260. The molecule has 0 aromatic heterocycles. The van der Waals surface area contributed by atoms with Gasteiger partial charge in [0.15, 0.2) is 0 Å². The first-order valence-electron chi connectivity index (χ1n) is 7.56. The molecule has 0 aliphatic carbocycles. The second-order valence-corrected chi connectivity index (χ2v) is 5.94. The summed E-state index contributed by atoms with van der Waals surface area (Å²) in [4.78, 5) is 6.60. The molecule has 0 atom stereocenters. The van der Waals surface area contributed by atoms with Gasteiger partial charge in [0.25, 0.3) is 0 Å². The molecule has 0 spiro atoms. The fourth-order valence-corrected chi connectivity index (χ4v) is 2.46. The van der Waals surface area contributed by atoms with Crippen LogP contribution in [0.4, 0.5) is 10.1 Å². The quantitative estimate of drug-likeness (QED) is 0.826. The average Bonchev–Trinajstić information content (AvgIpc) is 2.62. The van der Waals surface area contributed by atoms with Crippen molar-refractivity contribution in [1.29, 1.82) is 0 Å². The number of likely N-dealkylation sites (N-methyl/N-ethyl adjacent to an activating group) is 2. The first-order valence-corrected chi connectivity index (χ1v) is 7.56. The molecular formula is C16H26FN3O. The topological polar surface area (TPSA) is 19.0 Å². The monoisotopic (exact) mass is 295 g/mol. The second-order valence-electron chi connectivity index (χ2n) is 5.94. The van der Waals surface area contributed by atoms with Crippen LogP contribution >= 0.6 is 0 Å². The number of ether oxygens (including phenoxy) is 1. The van der Waals surface area contributed by atoms with Crippen LogP contribution in [0.25, 0.3) is 0 Å². The molecule has 0 saturated carbocycles. The third-order valence-electron chi connectivity index (χ3n) is 3.75. The van der Waals surface area contributed by atoms with E-state index in [1.54, 1.807) is 6.07 Å². The minimum absolute atomic E-state index is 0.232. The summed E-state index contributed by atoms with van der Waals surface area (Å²) in [6, 6.07) is 5.01. The van der Waals surface area contributed by atoms with Crippen molar-refractivity contribution < 1.29 is 9.13 Å². The Morgan fingerprint density at radius 2 is 1.95 bits per heavy atom. The van der Waals surface area contributed by atoms with Crippen LogP contribution in [0.1, 0.15) is 6.42 Å². The fraction of sp³-hybridized carbons (Fsp3) is 0.625. The molecule has 1 aromatic carbocycles. The lowest BCUT2D eigenvalue weighted by Crippen LogP contribution is -2.28. The van der Waals surface area contributed by atoms with E-state index in [9.17, 15) is 4.39 Å². The summed E-state index contributed by atoms with van der Waals surface area (Å²) in [5, 5.41) is 0. The fourth-order valence-electron chi connectivity index (χ4n) is 2.46. The van der Waals surface area contributed by atoms with E-state index in [1.807, 2.05) is 25.1 Å². The van der Waals surface area contributed by atoms with Crippen LogP contribution in [-0.4, -0.2) is 70.3 Å². The molecule has 118 valence electrons. The zero-order valence-corrected chi connectivity index (χ0v) is 13.3. The number of benzene rings is 1. The van der Waals surface area contributed by atoms with Crippen LogP contribution in [0.2, 0.25) is 0 Å². The molecule has 1 heterocycles. The van der Waals surface area contributed by atoms with Gasteiger partial charge in [0.2, 0.25) is 0 Å². The molecule has 2 rings (SSSR count). The number of rotatable bonds is 5. The van der Waals surface area contributed by atoms with E-state index in [2.05, 4.69) is 16.8 Å². The largest absolute Gasteiger partial charge is 0.492 e. The highest BCUT2D eigenvalue weighted by molar-refractivity contribution is 5.51. The minimum Gasteiger partial charge on any atom is -0.492 e. The van der Waals surface area contributed by atoms with E-state index in [4.69, 9.17) is 4.74 Å². The smallest absolute Gasteiger partial charge is 0.128 e. The highest BCUT2D eigenvalue weighted by Gasteiger charge is 2.14. The zero-order valence-electron chi connectivity index (χ0n) is 13.3. The van der Waals surface area contributed by atoms with Gasteiger partial charge in [0, 0.05) is 44.0 Å². The molecule has 1 saturated heterocycles. The van der Waals surface area contributed by atoms with Gasteiger partial charge < -0.3 is 19.4 Å². The van der Waals surface area contributed by atoms with Crippen molar-refractivity contribution in [3.8, 4) is 5.75 Å². The number of halogens is 1. The van der Waals surface area contributed by atoms with Crippen molar-refractivity contribution in [3.05, 3.63) is 24.0 Å². The first-order chi connectivity index (χ1) is 10.0. The molecule has 1 aliphatic rings. The molecule has 0 bridgehead atoms. The SMILES string of the molecule is CN(C)CCOc1cc(F)cc(N2CCCN(C)CC2)c1. The van der Waals surface area contributed by atoms with Gasteiger partial charge in [-0.05, 0) is 40.2 Å². The molecule has 0 radical (unpaired) electrons. The number of hydrogen-bond donors (Lipinski definition) is 0. The minimum atomic E-state index is -0.232. The summed E-state index contributed by atoms with van der Waals surface area (Å²) in [5.74, 6) is 0.384. The number of hydrogen-bond acceptors (Lipinski definition) is 4. The molecule has 4 nitrogen and oxygen atoms in total. The van der Waals surface area contributed by atoms with Crippen LogP contribution in [0.15, 0.2) is 18.2 Å². The summed E-state index contributed by atoms with van der Waals surface area (Å²) in [7, 11) is 6.12. The lowest BCUT2D eigenvalue weighted by atomic mass is 10.2. The van der Waals surface area contributed by atoms with Gasteiger partial charge in [-0.25, -0.2) is 4.39 Å². The van der Waals surface area contributed by atoms with Gasteiger partial charge in [-0.3, -0.25) is 0 Å². The summed E-state index contributed by atoms with van der Waals surface area (Å²) < 4.78 is 19.5. The molecule has 0 unspecified atom stereocenters. The van der Waals surface area contributed by atoms with E-state index in [1.165, 1.54) is 6.07 Å². The maximum Gasteiger partial charge on any atom is 0.128 e. The van der Waals surface area contributed by atoms with E-state index < -0.39 is 0 Å². The summed E-state index contributed by atoms with van der Waals surface area (Å²) in [5.41, 5.74) is 0.921. The Bertz CT molecular complexity index is 453. The van der Waals surface area contributed by atoms with Gasteiger partial charge >= 0.3 is 0 Å². The Morgan fingerprint density at radius 1 is 1.14 bits per heavy atom. The van der Waals surface area contributed by atoms with Gasteiger partial charge in [-0.1, -0.05) is 0 Å². The Balaban J connectivity index is 2.03. The van der Waals surface area contributed by atoms with Crippen molar-refractivity contribution in [2.75, 3.05) is 65.4 Å². The van der Waals surface area contributed by atoms with E-state index >= 15 is 0 Å². The van der Waals surface area contributed by atoms with Crippen molar-refractivity contribution in [2.45, 2.75) is 6.42 Å². The van der Waals surface area contributed by atoms with Crippen LogP contribution in [-0.2, 0) is 0 Å². The predicted molar refractivity (Wildman–Crippen MR) is 84.8 cm³/mol. The third-order valence-corrected chi connectivity index (χ3v) is 3.75. The van der Waals surface area contributed by atoms with Crippen LogP contribution in [0.3, 0.4) is 0 Å². The maximum atomic E-state index is 13.8. The summed E-state index contributed by atoms with van der Waals surface area (Å²) in [6.07, 6.45) is 1.10. The Morgan fingerprint density at radius 3 is 2.71 bits per heavy atom. The second kappa shape index (κ2) is 7.61. The summed E-state index contributed by atoms with van der Waals surface area (Å²) >= 11 is 0. The summed E-state index contributed by atoms with van der Waals surface area (Å²) in [6.45, 7) is 5.38. The molecular weight excluding hydrogens is 269 g/mol. The molecule has 1 aromatic rings. The maximum absolute atomic E-state index is 13.8. The lowest BCUT2D eigenvalue weighted by Gasteiger charge is -2.23. The van der Waals surface area contributed by atoms with E-state index in [-0.39, 0.29) is 5.82 Å². The Hall–Kier alpha value is -1.33. The molecule has 0 amide bonds. The van der Waals surface area contributed by atoms with Crippen LogP contribution < -0.4 is 9.64 Å².